The predicted octanol–water partition coefficient (Wildman–Crippen LogP) is 13.6. The summed E-state index contributed by atoms with van der Waals surface area (Å²) < 4.78 is 2.73. The Balaban J connectivity index is 1.27. The third-order valence-electron chi connectivity index (χ3n) is 15.5. The van der Waals surface area contributed by atoms with Crippen molar-refractivity contribution in [3.8, 4) is 27.9 Å². The van der Waals surface area contributed by atoms with Gasteiger partial charge in [-0.3, -0.25) is 0 Å². The van der Waals surface area contributed by atoms with E-state index in [-0.39, 0.29) is 23.1 Å². The van der Waals surface area contributed by atoms with E-state index >= 15 is 0 Å². The van der Waals surface area contributed by atoms with E-state index in [0.717, 1.165) is 0 Å². The van der Waals surface area contributed by atoms with E-state index in [1.54, 1.807) is 0 Å². The standard InChI is InChI=1S/C60H51BN2/c1-57(2,3)38-30-31-50-42(32-38)45-33-39(58(4,5)6)34-49-55(45)62(50)56-52-43(40-24-15-16-26-46(40)59(52,7)8)35-44-41-25-19-28-48-54(41)63(61(49)53(44)56)51-29-18-17-27-47(51)60(48,36-20-11-9-12-21-36)37-22-13-10-14-23-37/h9-35H,1-8H3. The highest BCUT2D eigenvalue weighted by atomic mass is 15.1. The average molecular weight is 811 g/mol. The monoisotopic (exact) mass is 810 g/mol. The zero-order valence-electron chi connectivity index (χ0n) is 37.6. The van der Waals surface area contributed by atoms with Crippen molar-refractivity contribution in [2.24, 2.45) is 0 Å². The summed E-state index contributed by atoms with van der Waals surface area (Å²) in [5.74, 6) is 0. The van der Waals surface area contributed by atoms with Gasteiger partial charge in [-0.05, 0) is 113 Å². The van der Waals surface area contributed by atoms with Crippen LogP contribution in [0.15, 0.2) is 164 Å². The molecule has 2 nitrogen and oxygen atoms in total. The van der Waals surface area contributed by atoms with Crippen molar-refractivity contribution in [1.29, 1.82) is 0 Å². The summed E-state index contributed by atoms with van der Waals surface area (Å²) >= 11 is 0. The fourth-order valence-electron chi connectivity index (χ4n) is 12.6. The molecule has 1 aliphatic carbocycles. The van der Waals surface area contributed by atoms with E-state index in [2.05, 4.69) is 229 Å². The van der Waals surface area contributed by atoms with Gasteiger partial charge in [-0.2, -0.15) is 0 Å². The Hall–Kier alpha value is -6.58. The number of anilines is 2. The molecule has 0 saturated heterocycles. The van der Waals surface area contributed by atoms with Gasteiger partial charge in [0, 0.05) is 38.8 Å². The number of nitrogens with zero attached hydrogens (tertiary/aromatic N) is 2. The van der Waals surface area contributed by atoms with Crippen LogP contribution in [-0.4, -0.2) is 11.4 Å². The maximum atomic E-state index is 2.79. The Kier molecular flexibility index (Phi) is 7.12. The van der Waals surface area contributed by atoms with E-state index < -0.39 is 5.41 Å². The number of para-hydroxylation sites is 2. The number of rotatable bonds is 2. The molecule has 0 bridgehead atoms. The van der Waals surface area contributed by atoms with Crippen LogP contribution < -0.4 is 15.7 Å². The van der Waals surface area contributed by atoms with Crippen LogP contribution in [0.3, 0.4) is 0 Å². The summed E-state index contributed by atoms with van der Waals surface area (Å²) in [7, 11) is 0. The smallest absolute Gasteiger partial charge is 0.333 e. The zero-order valence-corrected chi connectivity index (χ0v) is 37.6. The second kappa shape index (κ2) is 12.1. The lowest BCUT2D eigenvalue weighted by atomic mass is 9.42. The first kappa shape index (κ1) is 37.0. The quantitative estimate of drug-likeness (QED) is 0.158. The summed E-state index contributed by atoms with van der Waals surface area (Å²) in [6.45, 7) is 19.0. The molecular weight excluding hydrogens is 759 g/mol. The SMILES string of the molecule is CC(C)(C)c1ccc2c(c1)c1cc(C(C)(C)C)cc3c1n2-c1c2c(cc4c1C(C)(C)c1ccccc1-4)-c1cccc4c1N(B23)c1ccccc1C4(c1ccccc1)c1ccccc1. The third kappa shape index (κ3) is 4.55. The molecule has 0 N–H and O–H groups in total. The van der Waals surface area contributed by atoms with Gasteiger partial charge >= 0.3 is 6.85 Å². The van der Waals surface area contributed by atoms with E-state index in [1.165, 1.54) is 117 Å². The lowest BCUT2D eigenvalue weighted by molar-refractivity contribution is 0.590. The Labute approximate surface area is 372 Å². The van der Waals surface area contributed by atoms with Crippen LogP contribution in [0.25, 0.3) is 49.7 Å². The summed E-state index contributed by atoms with van der Waals surface area (Å²) in [6, 6.07) is 63.4. The van der Waals surface area contributed by atoms with Crippen LogP contribution in [0.2, 0.25) is 0 Å². The Morgan fingerprint density at radius 3 is 1.78 bits per heavy atom. The van der Waals surface area contributed by atoms with Crippen molar-refractivity contribution in [1.82, 2.24) is 4.57 Å². The molecule has 3 heteroatoms. The first-order valence-corrected chi connectivity index (χ1v) is 22.9. The second-order valence-electron chi connectivity index (χ2n) is 21.3. The molecule has 0 saturated carbocycles. The lowest BCUT2D eigenvalue weighted by Gasteiger charge is -2.52. The van der Waals surface area contributed by atoms with Gasteiger partial charge in [0.2, 0.25) is 0 Å². The van der Waals surface area contributed by atoms with Gasteiger partial charge in [0.05, 0.1) is 16.4 Å². The van der Waals surface area contributed by atoms with Crippen LogP contribution in [-0.2, 0) is 21.7 Å². The van der Waals surface area contributed by atoms with E-state index in [1.807, 2.05) is 0 Å². The highest BCUT2D eigenvalue weighted by Crippen LogP contribution is 2.61. The molecule has 4 heterocycles. The van der Waals surface area contributed by atoms with E-state index in [9.17, 15) is 0 Å². The first-order valence-electron chi connectivity index (χ1n) is 22.9. The van der Waals surface area contributed by atoms with Gasteiger partial charge < -0.3 is 9.38 Å². The molecule has 0 atom stereocenters. The molecule has 8 aromatic carbocycles. The van der Waals surface area contributed by atoms with Crippen LogP contribution in [0, 0.1) is 0 Å². The molecule has 0 amide bonds. The molecule has 9 aromatic rings. The summed E-state index contributed by atoms with van der Waals surface area (Å²) in [6.07, 6.45) is 0. The molecule has 4 aliphatic rings. The Morgan fingerprint density at radius 2 is 1.08 bits per heavy atom. The number of fused-ring (bicyclic) bond motifs is 13. The predicted molar refractivity (Wildman–Crippen MR) is 267 cm³/mol. The number of hydrogen-bond acceptors (Lipinski definition) is 1. The van der Waals surface area contributed by atoms with Gasteiger partial charge in [-0.1, -0.05) is 189 Å². The van der Waals surface area contributed by atoms with E-state index in [0.29, 0.717) is 0 Å². The van der Waals surface area contributed by atoms with Crippen molar-refractivity contribution in [2.75, 3.05) is 4.81 Å². The van der Waals surface area contributed by atoms with Crippen molar-refractivity contribution < 1.29 is 0 Å². The van der Waals surface area contributed by atoms with Gasteiger partial charge in [-0.15, -0.1) is 0 Å². The number of aromatic nitrogens is 1. The van der Waals surface area contributed by atoms with Crippen molar-refractivity contribution in [3.63, 3.8) is 0 Å². The fraction of sp³-hybridized carbons (Fsp3) is 0.200. The zero-order chi connectivity index (χ0) is 42.9. The van der Waals surface area contributed by atoms with Crippen molar-refractivity contribution in [3.05, 3.63) is 208 Å². The fourth-order valence-corrected chi connectivity index (χ4v) is 12.6. The molecule has 0 radical (unpaired) electrons. The summed E-state index contributed by atoms with van der Waals surface area (Å²) in [5.41, 5.74) is 24.7. The topological polar surface area (TPSA) is 8.17 Å². The molecule has 0 unspecified atom stereocenters. The Bertz CT molecular complexity index is 3410. The van der Waals surface area contributed by atoms with Gasteiger partial charge in [0.25, 0.3) is 0 Å². The minimum absolute atomic E-state index is 0.00817. The first-order chi connectivity index (χ1) is 30.3. The van der Waals surface area contributed by atoms with Crippen LogP contribution >= 0.6 is 0 Å². The van der Waals surface area contributed by atoms with Crippen LogP contribution in [0.4, 0.5) is 11.4 Å². The summed E-state index contributed by atoms with van der Waals surface area (Å²) in [4.78, 5) is 2.79. The molecule has 63 heavy (non-hydrogen) atoms. The maximum Gasteiger partial charge on any atom is 0.333 e. The molecule has 0 spiro atoms. The average Bonchev–Trinajstić information content (AvgIpc) is 3.74. The third-order valence-corrected chi connectivity index (χ3v) is 15.5. The maximum absolute atomic E-state index is 2.79. The largest absolute Gasteiger partial charge is 0.376 e. The molecule has 13 rings (SSSR count). The molecule has 0 fully saturated rings. The molecule has 304 valence electrons. The van der Waals surface area contributed by atoms with Crippen molar-refractivity contribution >= 4 is 51.0 Å². The van der Waals surface area contributed by atoms with Crippen LogP contribution in [0.1, 0.15) is 99.9 Å². The number of hydrogen-bond donors (Lipinski definition) is 0. The molecule has 3 aliphatic heterocycles. The second-order valence-corrected chi connectivity index (χ2v) is 21.3. The highest BCUT2D eigenvalue weighted by Gasteiger charge is 2.55. The minimum Gasteiger partial charge on any atom is -0.376 e. The normalized spacial score (nSPS) is 15.8. The minimum atomic E-state index is -0.553. The van der Waals surface area contributed by atoms with Gasteiger partial charge in [0.15, 0.2) is 0 Å². The van der Waals surface area contributed by atoms with Gasteiger partial charge in [-0.25, -0.2) is 0 Å². The summed E-state index contributed by atoms with van der Waals surface area (Å²) in [5, 5.41) is 2.69. The molecule has 1 aromatic heterocycles. The highest BCUT2D eigenvalue weighted by molar-refractivity contribution is 6.94. The van der Waals surface area contributed by atoms with Crippen LogP contribution in [0.5, 0.6) is 0 Å². The lowest BCUT2D eigenvalue weighted by Crippen LogP contribution is -2.63. The number of benzene rings is 8. The Morgan fingerprint density at radius 1 is 0.476 bits per heavy atom. The van der Waals surface area contributed by atoms with Crippen molar-refractivity contribution in [2.45, 2.75) is 77.0 Å². The molecular formula is C60H51BN2. The van der Waals surface area contributed by atoms with E-state index in [4.69, 9.17) is 0 Å². The van der Waals surface area contributed by atoms with Gasteiger partial charge in [0.1, 0.15) is 0 Å².